The number of ether oxygens (including phenoxy) is 3. The second-order valence-corrected chi connectivity index (χ2v) is 5.69. The first-order valence-corrected chi connectivity index (χ1v) is 8.24. The molecule has 1 N–H and O–H groups in total. The van der Waals surface area contributed by atoms with Crippen LogP contribution in [-0.4, -0.2) is 23.8 Å². The first-order chi connectivity index (χ1) is 13.3. The van der Waals surface area contributed by atoms with Crippen molar-refractivity contribution in [2.75, 3.05) is 6.79 Å². The van der Waals surface area contributed by atoms with Gasteiger partial charge in [-0.15, -0.1) is 0 Å². The van der Waals surface area contributed by atoms with Crippen LogP contribution in [-0.2, 0) is 14.4 Å². The Hall–Kier alpha value is -3.59. The molecule has 0 radical (unpaired) electrons. The highest BCUT2D eigenvalue weighted by molar-refractivity contribution is 5.74. The van der Waals surface area contributed by atoms with E-state index in [1.807, 2.05) is 0 Å². The van der Waals surface area contributed by atoms with Crippen molar-refractivity contribution >= 4 is 11.7 Å². The summed E-state index contributed by atoms with van der Waals surface area (Å²) in [7, 11) is 0. The largest absolute Gasteiger partial charge is 0.479 e. The Balaban J connectivity index is 1.83. The molecule has 0 amide bonds. The molecular weight excluding hydrogens is 368 g/mol. The molecule has 2 rings (SSSR count). The molecule has 0 aliphatic heterocycles. The third-order valence-corrected chi connectivity index (χ3v) is 3.26. The number of hydrogen-bond donors (Lipinski definition) is 1. The third-order valence-electron chi connectivity index (χ3n) is 3.26. The van der Waals surface area contributed by atoms with Crippen molar-refractivity contribution in [1.29, 1.82) is 0 Å². The Morgan fingerprint density at radius 3 is 2.18 bits per heavy atom. The zero-order valence-electron chi connectivity index (χ0n) is 15.4. The number of carbonyl (C=O) groups excluding carboxylic acids is 1. The highest BCUT2D eigenvalue weighted by Gasteiger charge is 2.16. The van der Waals surface area contributed by atoms with Gasteiger partial charge in [0.1, 0.15) is 17.2 Å². The monoisotopic (exact) mass is 388 g/mol. The van der Waals surface area contributed by atoms with Crippen molar-refractivity contribution < 1.29 is 28.8 Å². The smallest absolute Gasteiger partial charge is 0.349 e. The third kappa shape index (κ3) is 6.61. The summed E-state index contributed by atoms with van der Waals surface area (Å²) >= 11 is 0. The second kappa shape index (κ2) is 9.93. The number of allylic oxidation sites excluding steroid dienone is 1. The fourth-order valence-corrected chi connectivity index (χ4v) is 1.97. The number of non-ortho nitro benzene ring substituents is 1. The number of esters is 1. The van der Waals surface area contributed by atoms with Crippen LogP contribution in [0.1, 0.15) is 13.8 Å². The van der Waals surface area contributed by atoms with Gasteiger partial charge in [-0.3, -0.25) is 15.6 Å². The van der Waals surface area contributed by atoms with E-state index >= 15 is 0 Å². The van der Waals surface area contributed by atoms with E-state index in [2.05, 4.69) is 12.1 Å². The lowest BCUT2D eigenvalue weighted by atomic mass is 10.3. The van der Waals surface area contributed by atoms with Crippen molar-refractivity contribution in [3.05, 3.63) is 70.9 Å². The van der Waals surface area contributed by atoms with Gasteiger partial charge in [0.05, 0.1) is 4.92 Å². The van der Waals surface area contributed by atoms with Crippen LogP contribution in [0.15, 0.2) is 60.8 Å². The summed E-state index contributed by atoms with van der Waals surface area (Å²) in [4.78, 5) is 26.9. The standard InChI is InChI=1S/C19H20N2O7/c1-13(2)20-26-12-25-19(22)14(3)27-16-8-10-18(11-9-16)28-17-6-4-15(5-7-17)21(23)24/h4-11,14,20H,1,12H2,2-3H3. The number of hydroxylamine groups is 1. The van der Waals surface area contributed by atoms with Crippen LogP contribution in [0.3, 0.4) is 0 Å². The highest BCUT2D eigenvalue weighted by Crippen LogP contribution is 2.26. The number of hydrogen-bond acceptors (Lipinski definition) is 8. The molecule has 9 heteroatoms. The average molecular weight is 388 g/mol. The van der Waals surface area contributed by atoms with Gasteiger partial charge in [-0.2, -0.15) is 0 Å². The molecule has 148 valence electrons. The summed E-state index contributed by atoms with van der Waals surface area (Å²) in [6.07, 6.45) is -0.838. The molecular formula is C19H20N2O7. The van der Waals surface area contributed by atoms with E-state index in [1.165, 1.54) is 24.3 Å². The minimum atomic E-state index is -0.838. The topological polar surface area (TPSA) is 109 Å². The number of rotatable bonds is 10. The van der Waals surface area contributed by atoms with Crippen LogP contribution in [0.4, 0.5) is 5.69 Å². The lowest BCUT2D eigenvalue weighted by Gasteiger charge is -2.14. The van der Waals surface area contributed by atoms with Crippen LogP contribution in [0.2, 0.25) is 0 Å². The Labute approximate surface area is 161 Å². The molecule has 28 heavy (non-hydrogen) atoms. The molecule has 0 heterocycles. The molecule has 0 aliphatic carbocycles. The number of nitro groups is 1. The van der Waals surface area contributed by atoms with E-state index in [1.54, 1.807) is 38.1 Å². The fraction of sp³-hybridized carbons (Fsp3) is 0.211. The van der Waals surface area contributed by atoms with Crippen molar-refractivity contribution in [3.8, 4) is 17.2 Å². The van der Waals surface area contributed by atoms with Gasteiger partial charge < -0.3 is 14.2 Å². The Kier molecular flexibility index (Phi) is 7.35. The molecule has 2 aromatic carbocycles. The quantitative estimate of drug-likeness (QED) is 0.216. The maximum atomic E-state index is 11.8. The number of carbonyl (C=O) groups is 1. The molecule has 1 atom stereocenters. The first kappa shape index (κ1) is 20.7. The highest BCUT2D eigenvalue weighted by atomic mass is 16.8. The second-order valence-electron chi connectivity index (χ2n) is 5.69. The number of benzene rings is 2. The summed E-state index contributed by atoms with van der Waals surface area (Å²) in [6, 6.07) is 12.3. The van der Waals surface area contributed by atoms with E-state index in [-0.39, 0.29) is 12.5 Å². The van der Waals surface area contributed by atoms with E-state index in [9.17, 15) is 14.9 Å². The predicted molar refractivity (Wildman–Crippen MR) is 99.7 cm³/mol. The predicted octanol–water partition coefficient (Wildman–Crippen LogP) is 3.71. The average Bonchev–Trinajstić information content (AvgIpc) is 2.66. The summed E-state index contributed by atoms with van der Waals surface area (Å²) < 4.78 is 16.0. The number of nitrogens with zero attached hydrogens (tertiary/aromatic N) is 1. The van der Waals surface area contributed by atoms with E-state index in [0.29, 0.717) is 22.9 Å². The van der Waals surface area contributed by atoms with Crippen molar-refractivity contribution in [2.45, 2.75) is 20.0 Å². The van der Waals surface area contributed by atoms with Crippen molar-refractivity contribution in [1.82, 2.24) is 5.48 Å². The molecule has 9 nitrogen and oxygen atoms in total. The molecule has 0 saturated carbocycles. The summed E-state index contributed by atoms with van der Waals surface area (Å²) in [5, 5.41) is 10.6. The number of nitro benzene ring substituents is 1. The fourth-order valence-electron chi connectivity index (χ4n) is 1.97. The van der Waals surface area contributed by atoms with Gasteiger partial charge in [-0.25, -0.2) is 9.63 Å². The zero-order valence-corrected chi connectivity index (χ0v) is 15.4. The van der Waals surface area contributed by atoms with Gasteiger partial charge in [-0.05, 0) is 50.2 Å². The molecule has 2 aromatic rings. The molecule has 1 unspecified atom stereocenters. The Morgan fingerprint density at radius 1 is 1.11 bits per heavy atom. The van der Waals surface area contributed by atoms with E-state index in [0.717, 1.165) is 0 Å². The summed E-state index contributed by atoms with van der Waals surface area (Å²) in [5.41, 5.74) is 3.03. The van der Waals surface area contributed by atoms with Crippen LogP contribution in [0, 0.1) is 10.1 Å². The van der Waals surface area contributed by atoms with Crippen LogP contribution in [0.5, 0.6) is 17.2 Å². The lowest BCUT2D eigenvalue weighted by Crippen LogP contribution is -2.28. The van der Waals surface area contributed by atoms with E-state index in [4.69, 9.17) is 19.0 Å². The zero-order chi connectivity index (χ0) is 20.5. The molecule has 0 aliphatic rings. The molecule has 0 saturated heterocycles. The van der Waals surface area contributed by atoms with Gasteiger partial charge in [0.2, 0.25) is 6.79 Å². The first-order valence-electron chi connectivity index (χ1n) is 8.24. The summed E-state index contributed by atoms with van der Waals surface area (Å²) in [6.45, 7) is 6.54. The minimum Gasteiger partial charge on any atom is -0.479 e. The van der Waals surface area contributed by atoms with Gasteiger partial charge in [0.25, 0.3) is 5.69 Å². The maximum absolute atomic E-state index is 11.8. The lowest BCUT2D eigenvalue weighted by molar-refractivity contribution is -0.384. The Morgan fingerprint density at radius 2 is 1.64 bits per heavy atom. The van der Waals surface area contributed by atoms with Crippen molar-refractivity contribution in [3.63, 3.8) is 0 Å². The SMILES string of the molecule is C=C(C)NOCOC(=O)C(C)Oc1ccc(Oc2ccc([N+](=O)[O-])cc2)cc1. The van der Waals surface area contributed by atoms with Gasteiger partial charge in [0.15, 0.2) is 6.10 Å². The minimum absolute atomic E-state index is 0.0159. The van der Waals surface area contributed by atoms with Crippen LogP contribution >= 0.6 is 0 Å². The number of nitrogens with one attached hydrogen (secondary N) is 1. The molecule has 0 bridgehead atoms. The van der Waals surface area contributed by atoms with E-state index < -0.39 is 17.0 Å². The normalized spacial score (nSPS) is 11.2. The van der Waals surface area contributed by atoms with Crippen LogP contribution < -0.4 is 15.0 Å². The maximum Gasteiger partial charge on any atom is 0.349 e. The molecule has 0 aromatic heterocycles. The van der Waals surface area contributed by atoms with Gasteiger partial charge in [0, 0.05) is 17.8 Å². The Bertz CT molecular complexity index is 819. The molecule has 0 fully saturated rings. The van der Waals surface area contributed by atoms with Gasteiger partial charge in [-0.1, -0.05) is 6.58 Å². The summed E-state index contributed by atoms with van der Waals surface area (Å²) in [5.74, 6) is 0.825. The van der Waals surface area contributed by atoms with Gasteiger partial charge >= 0.3 is 5.97 Å². The van der Waals surface area contributed by atoms with Crippen LogP contribution in [0.25, 0.3) is 0 Å². The van der Waals surface area contributed by atoms with Crippen molar-refractivity contribution in [2.24, 2.45) is 0 Å². The molecule has 0 spiro atoms.